The molecule has 3 fully saturated rings. The van der Waals surface area contributed by atoms with E-state index in [0.717, 1.165) is 41.0 Å². The summed E-state index contributed by atoms with van der Waals surface area (Å²) < 4.78 is 0. The van der Waals surface area contributed by atoms with Gasteiger partial charge in [0.15, 0.2) is 0 Å². The van der Waals surface area contributed by atoms with Crippen molar-refractivity contribution in [2.45, 2.75) is 204 Å². The van der Waals surface area contributed by atoms with E-state index in [9.17, 15) is 54.0 Å². The van der Waals surface area contributed by atoms with Crippen molar-refractivity contribution in [2.24, 2.45) is 5.73 Å². The smallest absolute Gasteiger partial charge is 0.324 e. The van der Waals surface area contributed by atoms with Gasteiger partial charge in [-0.3, -0.25) is 33.7 Å². The fourth-order valence-corrected chi connectivity index (χ4v) is 9.52. The number of aromatic hydroxyl groups is 1. The lowest BCUT2D eigenvalue weighted by molar-refractivity contribution is -0.146. The number of amides is 8. The molecule has 0 radical (unpaired) electrons. The van der Waals surface area contributed by atoms with Gasteiger partial charge < -0.3 is 57.2 Å². The first kappa shape index (κ1) is 56.7. The molecule has 3 heterocycles. The van der Waals surface area contributed by atoms with Crippen molar-refractivity contribution < 1.29 is 54.0 Å². The number of phenols is 1. The van der Waals surface area contributed by atoms with E-state index in [1.54, 1.807) is 12.1 Å². The standard InChI is InChI=1S/C50H82N8O11/c1-3-4-5-6-7-8-9-10-11-12-13-14-15-22-42(63)53-38-21-17-29-52-46(65)44-41(62)27-31-56(44)47(66)39(20-16-28-51)54-50(69)57(30-18-19-35-23-25-36(60)26-24-35)48(67)40-32-37(61)33-58(40)49(68)43(34(2)59)55-45(38)64/h23-26,34,37-41,43-44,59-62H,3-22,27-33,51H2,1-2H3,(H,52,65)(H,53,63)(H,54,69)(H,55,64)/t34-,37-,38+,39+,40+,41?,43+,44+/m1/s1. The predicted molar refractivity (Wildman–Crippen MR) is 259 cm³/mol. The first-order valence-corrected chi connectivity index (χ1v) is 25.8. The highest BCUT2D eigenvalue weighted by molar-refractivity contribution is 6.02. The third-order valence-electron chi connectivity index (χ3n) is 13.5. The molecule has 3 saturated heterocycles. The normalized spacial score (nSPS) is 24.9. The largest absolute Gasteiger partial charge is 0.508 e. The maximum atomic E-state index is 14.6. The van der Waals surface area contributed by atoms with Gasteiger partial charge in [-0.05, 0) is 82.5 Å². The number of phenolic OH excluding ortho intramolecular Hbond substituents is 1. The van der Waals surface area contributed by atoms with Gasteiger partial charge >= 0.3 is 6.03 Å². The van der Waals surface area contributed by atoms with Crippen LogP contribution in [0, 0.1) is 0 Å². The molecule has 19 nitrogen and oxygen atoms in total. The molecule has 4 rings (SSSR count). The lowest BCUT2D eigenvalue weighted by atomic mass is 10.0. The summed E-state index contributed by atoms with van der Waals surface area (Å²) in [4.78, 5) is 102. The Balaban J connectivity index is 1.55. The van der Waals surface area contributed by atoms with E-state index in [2.05, 4.69) is 28.2 Å². The molecule has 0 saturated carbocycles. The van der Waals surface area contributed by atoms with E-state index in [1.165, 1.54) is 75.3 Å². The number of nitrogens with one attached hydrogen (secondary N) is 4. The number of hydrogen-bond donors (Lipinski definition) is 9. The van der Waals surface area contributed by atoms with Gasteiger partial charge in [0.25, 0.3) is 5.91 Å². The van der Waals surface area contributed by atoms with Crippen LogP contribution >= 0.6 is 0 Å². The predicted octanol–water partition coefficient (Wildman–Crippen LogP) is 2.64. The minimum atomic E-state index is -1.63. The lowest BCUT2D eigenvalue weighted by Crippen LogP contribution is -2.61. The van der Waals surface area contributed by atoms with Crippen molar-refractivity contribution >= 4 is 41.5 Å². The van der Waals surface area contributed by atoms with Crippen LogP contribution in [0.5, 0.6) is 5.75 Å². The zero-order valence-corrected chi connectivity index (χ0v) is 41.1. The lowest BCUT2D eigenvalue weighted by Gasteiger charge is -2.34. The first-order chi connectivity index (χ1) is 33.2. The maximum Gasteiger partial charge on any atom is 0.324 e. The number of aliphatic hydroxyl groups is 3. The molecule has 0 aromatic heterocycles. The molecule has 3 aliphatic rings. The molecule has 0 spiro atoms. The Kier molecular flexibility index (Phi) is 24.7. The number of nitrogens with two attached hydrogens (primary N) is 1. The summed E-state index contributed by atoms with van der Waals surface area (Å²) in [5.74, 6) is -4.24. The van der Waals surface area contributed by atoms with E-state index in [0.29, 0.717) is 12.8 Å². The molecule has 388 valence electrons. The van der Waals surface area contributed by atoms with Crippen LogP contribution in [0.25, 0.3) is 0 Å². The number of fused-ring (bicyclic) bond motifs is 2. The molecule has 1 aromatic carbocycles. The maximum absolute atomic E-state index is 14.6. The van der Waals surface area contributed by atoms with Gasteiger partial charge in [-0.2, -0.15) is 0 Å². The van der Waals surface area contributed by atoms with E-state index in [1.807, 2.05) is 0 Å². The number of unbranched alkanes of at least 4 members (excludes halogenated alkanes) is 12. The molecule has 69 heavy (non-hydrogen) atoms. The summed E-state index contributed by atoms with van der Waals surface area (Å²) in [6.07, 6.45) is 11.8. The summed E-state index contributed by atoms with van der Waals surface area (Å²) in [6, 6.07) is -1.45. The molecular weight excluding hydrogens is 889 g/mol. The van der Waals surface area contributed by atoms with E-state index in [-0.39, 0.29) is 95.7 Å². The van der Waals surface area contributed by atoms with Gasteiger partial charge in [0.05, 0.1) is 18.3 Å². The zero-order valence-electron chi connectivity index (χ0n) is 41.1. The monoisotopic (exact) mass is 971 g/mol. The molecule has 8 atom stereocenters. The van der Waals surface area contributed by atoms with Crippen molar-refractivity contribution in [1.29, 1.82) is 0 Å². The van der Waals surface area contributed by atoms with Gasteiger partial charge in [0, 0.05) is 39.0 Å². The average molecular weight is 971 g/mol. The number of hydrogen-bond acceptors (Lipinski definition) is 12. The molecule has 0 aliphatic carbocycles. The second kappa shape index (κ2) is 30.0. The Labute approximate surface area is 408 Å². The first-order valence-electron chi connectivity index (χ1n) is 25.8. The fraction of sp³-hybridized carbons (Fsp3) is 0.740. The Bertz CT molecular complexity index is 1800. The van der Waals surface area contributed by atoms with Crippen molar-refractivity contribution in [3.05, 3.63) is 29.8 Å². The van der Waals surface area contributed by atoms with Gasteiger partial charge in [0.2, 0.25) is 29.5 Å². The number of rotatable bonds is 23. The van der Waals surface area contributed by atoms with Crippen molar-refractivity contribution in [3.8, 4) is 5.75 Å². The van der Waals surface area contributed by atoms with Crippen LogP contribution in [-0.4, -0.2) is 158 Å². The van der Waals surface area contributed by atoms with Crippen molar-refractivity contribution in [3.63, 3.8) is 0 Å². The highest BCUT2D eigenvalue weighted by atomic mass is 16.3. The number of urea groups is 1. The Hall–Kier alpha value is -4.85. The SMILES string of the molecule is CCCCCCCCCCCCCCCC(=O)N[C@H]1CCCNC(=O)[C@@H]2C(O)CCN2C(=O)[C@H](CCCN)NC(=O)N(CCCc2ccc(O)cc2)C(=O)[C@@H]2C[C@@H](O)CN2C(=O)[C@H]([C@@H](C)O)NC1=O. The van der Waals surface area contributed by atoms with Crippen LogP contribution in [0.15, 0.2) is 24.3 Å². The van der Waals surface area contributed by atoms with Crippen LogP contribution < -0.4 is 27.0 Å². The molecular formula is C50H82N8O11. The van der Waals surface area contributed by atoms with Gasteiger partial charge in [-0.25, -0.2) is 4.79 Å². The van der Waals surface area contributed by atoms with Crippen LogP contribution in [0.3, 0.4) is 0 Å². The molecule has 8 amide bonds. The third-order valence-corrected chi connectivity index (χ3v) is 13.5. The van der Waals surface area contributed by atoms with Crippen LogP contribution in [-0.2, 0) is 35.2 Å². The topological polar surface area (TPSA) is 284 Å². The average Bonchev–Trinajstić information content (AvgIpc) is 3.92. The van der Waals surface area contributed by atoms with Gasteiger partial charge in [-0.1, -0.05) is 96.1 Å². The third kappa shape index (κ3) is 18.1. The van der Waals surface area contributed by atoms with E-state index >= 15 is 0 Å². The highest BCUT2D eigenvalue weighted by Crippen LogP contribution is 2.25. The van der Waals surface area contributed by atoms with Crippen LogP contribution in [0.1, 0.15) is 154 Å². The second-order valence-corrected chi connectivity index (χ2v) is 19.2. The second-order valence-electron chi connectivity index (χ2n) is 19.2. The molecule has 1 unspecified atom stereocenters. The van der Waals surface area contributed by atoms with Gasteiger partial charge in [-0.15, -0.1) is 0 Å². The molecule has 0 bridgehead atoms. The zero-order chi connectivity index (χ0) is 50.3. The highest BCUT2D eigenvalue weighted by Gasteiger charge is 2.47. The number of benzene rings is 1. The number of aryl methyl sites for hydroxylation is 1. The Morgan fingerprint density at radius 3 is 2.06 bits per heavy atom. The molecule has 1 aromatic rings. The minimum absolute atomic E-state index is 0.00261. The summed E-state index contributed by atoms with van der Waals surface area (Å²) in [5.41, 5.74) is 6.62. The number of aliphatic hydroxyl groups excluding tert-OH is 3. The summed E-state index contributed by atoms with van der Waals surface area (Å²) in [5, 5.41) is 53.4. The van der Waals surface area contributed by atoms with Gasteiger partial charge in [0.1, 0.15) is 36.0 Å². The summed E-state index contributed by atoms with van der Waals surface area (Å²) >= 11 is 0. The number of imide groups is 1. The fourth-order valence-electron chi connectivity index (χ4n) is 9.52. The summed E-state index contributed by atoms with van der Waals surface area (Å²) in [6.45, 7) is 3.08. The number of carbonyl (C=O) groups is 7. The quantitative estimate of drug-likeness (QED) is 0.0716. The van der Waals surface area contributed by atoms with Crippen LogP contribution in [0.4, 0.5) is 4.79 Å². The van der Waals surface area contributed by atoms with Crippen molar-refractivity contribution in [1.82, 2.24) is 36.0 Å². The number of nitrogens with zero attached hydrogens (tertiary/aromatic N) is 3. The molecule has 3 aliphatic heterocycles. The van der Waals surface area contributed by atoms with E-state index < -0.39 is 84.1 Å². The number of carbonyl (C=O) groups excluding carboxylic acids is 7. The van der Waals surface area contributed by atoms with Crippen molar-refractivity contribution in [2.75, 3.05) is 32.7 Å². The Morgan fingerprint density at radius 2 is 1.43 bits per heavy atom. The minimum Gasteiger partial charge on any atom is -0.508 e. The summed E-state index contributed by atoms with van der Waals surface area (Å²) in [7, 11) is 0. The Morgan fingerprint density at radius 1 is 0.797 bits per heavy atom. The molecule has 10 N–H and O–H groups in total. The molecule has 19 heteroatoms. The van der Waals surface area contributed by atoms with Crippen LogP contribution in [0.2, 0.25) is 0 Å². The van der Waals surface area contributed by atoms with E-state index in [4.69, 9.17) is 5.73 Å².